The van der Waals surface area contributed by atoms with Crippen molar-refractivity contribution in [2.75, 3.05) is 18.5 Å². The quantitative estimate of drug-likeness (QED) is 0.778. The highest BCUT2D eigenvalue weighted by Crippen LogP contribution is 2.32. The summed E-state index contributed by atoms with van der Waals surface area (Å²) in [6.07, 6.45) is 1.76. The van der Waals surface area contributed by atoms with Gasteiger partial charge < -0.3 is 10.1 Å². The monoisotopic (exact) mass is 279 g/mol. The highest BCUT2D eigenvalue weighted by molar-refractivity contribution is 5.37. The minimum absolute atomic E-state index is 0.371. The summed E-state index contributed by atoms with van der Waals surface area (Å²) in [6, 6.07) is 2.04. The second kappa shape index (κ2) is 7.58. The zero-order valence-corrected chi connectivity index (χ0v) is 13.8. The van der Waals surface area contributed by atoms with Crippen molar-refractivity contribution in [3.8, 4) is 0 Å². The Balaban J connectivity index is 3.32. The first-order valence-electron chi connectivity index (χ1n) is 7.80. The van der Waals surface area contributed by atoms with Crippen molar-refractivity contribution in [2.45, 2.75) is 65.9 Å². The predicted molar refractivity (Wildman–Crippen MR) is 84.2 cm³/mol. The average molecular weight is 279 g/mol. The molecule has 0 spiro atoms. The zero-order chi connectivity index (χ0) is 15.2. The van der Waals surface area contributed by atoms with Gasteiger partial charge in [0.2, 0.25) is 0 Å². The Morgan fingerprint density at radius 1 is 1.15 bits per heavy atom. The Morgan fingerprint density at radius 3 is 2.25 bits per heavy atom. The molecule has 1 aromatic rings. The number of aromatic nitrogens is 2. The van der Waals surface area contributed by atoms with E-state index in [1.165, 1.54) is 0 Å². The number of hydrogen-bond acceptors (Lipinski definition) is 4. The lowest BCUT2D eigenvalue weighted by atomic mass is 9.95. The third-order valence-corrected chi connectivity index (χ3v) is 3.67. The van der Waals surface area contributed by atoms with Gasteiger partial charge in [0.1, 0.15) is 11.4 Å². The van der Waals surface area contributed by atoms with Crippen LogP contribution in [0.2, 0.25) is 0 Å². The topological polar surface area (TPSA) is 47.0 Å². The third-order valence-electron chi connectivity index (χ3n) is 3.67. The molecular weight excluding hydrogens is 250 g/mol. The summed E-state index contributed by atoms with van der Waals surface area (Å²) in [5.41, 5.74) is 0.695. The van der Waals surface area contributed by atoms with Gasteiger partial charge in [0.05, 0.1) is 0 Å². The van der Waals surface area contributed by atoms with E-state index in [9.17, 15) is 0 Å². The molecule has 0 amide bonds. The number of rotatable bonds is 8. The van der Waals surface area contributed by atoms with E-state index in [1.807, 2.05) is 13.0 Å². The second-order valence-electron chi connectivity index (χ2n) is 5.32. The van der Waals surface area contributed by atoms with E-state index in [2.05, 4.69) is 39.9 Å². The van der Waals surface area contributed by atoms with Crippen LogP contribution in [-0.4, -0.2) is 23.1 Å². The lowest BCUT2D eigenvalue weighted by Crippen LogP contribution is -2.31. The fourth-order valence-electron chi connectivity index (χ4n) is 2.35. The van der Waals surface area contributed by atoms with Crippen LogP contribution in [0.15, 0.2) is 6.07 Å². The fraction of sp³-hybridized carbons (Fsp3) is 0.750. The normalized spacial score (nSPS) is 11.9. The van der Waals surface area contributed by atoms with Crippen molar-refractivity contribution in [2.24, 2.45) is 0 Å². The number of anilines is 1. The van der Waals surface area contributed by atoms with Crippen molar-refractivity contribution in [1.29, 1.82) is 0 Å². The van der Waals surface area contributed by atoms with Crippen LogP contribution < -0.4 is 5.32 Å². The number of hydrogen-bond donors (Lipinski definition) is 1. The largest absolute Gasteiger partial charge is 0.370 e. The number of ether oxygens (including phenoxy) is 1. The maximum Gasteiger partial charge on any atom is 0.162 e. The molecule has 0 saturated heterocycles. The van der Waals surface area contributed by atoms with Gasteiger partial charge in [-0.2, -0.15) is 0 Å². The van der Waals surface area contributed by atoms with E-state index < -0.39 is 0 Å². The Bertz CT molecular complexity index is 414. The molecule has 0 saturated carbocycles. The molecule has 114 valence electrons. The van der Waals surface area contributed by atoms with Crippen LogP contribution in [0.1, 0.15) is 71.8 Å². The van der Waals surface area contributed by atoms with Crippen LogP contribution in [0.25, 0.3) is 0 Å². The van der Waals surface area contributed by atoms with Crippen molar-refractivity contribution in [3.05, 3.63) is 17.6 Å². The molecule has 0 atom stereocenters. The SMILES string of the molecule is CCNc1cc(C(C)C)nc(C(CC)(CC)OCC)n1. The van der Waals surface area contributed by atoms with E-state index in [1.54, 1.807) is 0 Å². The molecule has 20 heavy (non-hydrogen) atoms. The molecule has 4 nitrogen and oxygen atoms in total. The van der Waals surface area contributed by atoms with Crippen LogP contribution in [0.3, 0.4) is 0 Å². The van der Waals surface area contributed by atoms with E-state index in [0.29, 0.717) is 12.5 Å². The Kier molecular flexibility index (Phi) is 6.40. The summed E-state index contributed by atoms with van der Waals surface area (Å²) in [5, 5.41) is 3.30. The first-order chi connectivity index (χ1) is 9.52. The summed E-state index contributed by atoms with van der Waals surface area (Å²) in [7, 11) is 0. The van der Waals surface area contributed by atoms with Gasteiger partial charge >= 0.3 is 0 Å². The highest BCUT2D eigenvalue weighted by atomic mass is 16.5. The van der Waals surface area contributed by atoms with Crippen LogP contribution in [0.5, 0.6) is 0 Å². The standard InChI is InChI=1S/C16H29N3O/c1-7-16(8-2,20-10-4)15-18-13(12(5)6)11-14(19-15)17-9-3/h11-12H,7-10H2,1-6H3,(H,17,18,19). The Labute approximate surface area is 123 Å². The molecule has 0 aliphatic carbocycles. The molecule has 0 aliphatic heterocycles. The summed E-state index contributed by atoms with van der Waals surface area (Å²) >= 11 is 0. The lowest BCUT2D eigenvalue weighted by Gasteiger charge is -2.30. The summed E-state index contributed by atoms with van der Waals surface area (Å²) in [4.78, 5) is 9.46. The Morgan fingerprint density at radius 2 is 1.80 bits per heavy atom. The number of nitrogens with one attached hydrogen (secondary N) is 1. The van der Waals surface area contributed by atoms with Gasteiger partial charge in [-0.3, -0.25) is 0 Å². The maximum absolute atomic E-state index is 6.03. The van der Waals surface area contributed by atoms with Gasteiger partial charge in [0, 0.05) is 24.9 Å². The molecular formula is C16H29N3O. The van der Waals surface area contributed by atoms with E-state index in [0.717, 1.165) is 36.7 Å². The molecule has 1 rings (SSSR count). The first kappa shape index (κ1) is 16.9. The van der Waals surface area contributed by atoms with Crippen LogP contribution in [-0.2, 0) is 10.3 Å². The van der Waals surface area contributed by atoms with Gasteiger partial charge in [-0.1, -0.05) is 27.7 Å². The van der Waals surface area contributed by atoms with Gasteiger partial charge in [-0.05, 0) is 32.6 Å². The molecule has 0 unspecified atom stereocenters. The van der Waals surface area contributed by atoms with Gasteiger partial charge in [0.25, 0.3) is 0 Å². The summed E-state index contributed by atoms with van der Waals surface area (Å²) in [5.74, 6) is 2.08. The van der Waals surface area contributed by atoms with Crippen molar-refractivity contribution in [3.63, 3.8) is 0 Å². The van der Waals surface area contributed by atoms with E-state index in [4.69, 9.17) is 14.7 Å². The van der Waals surface area contributed by atoms with Crippen molar-refractivity contribution < 1.29 is 4.74 Å². The van der Waals surface area contributed by atoms with Crippen LogP contribution >= 0.6 is 0 Å². The molecule has 0 aromatic carbocycles. The van der Waals surface area contributed by atoms with Gasteiger partial charge in [0.15, 0.2) is 5.82 Å². The number of nitrogens with zero attached hydrogens (tertiary/aromatic N) is 2. The summed E-state index contributed by atoms with van der Waals surface area (Å²) in [6.45, 7) is 14.2. The zero-order valence-electron chi connectivity index (χ0n) is 13.8. The Hall–Kier alpha value is -1.16. The average Bonchev–Trinajstić information content (AvgIpc) is 2.45. The summed E-state index contributed by atoms with van der Waals surface area (Å²) < 4.78 is 6.03. The second-order valence-corrected chi connectivity index (χ2v) is 5.32. The minimum Gasteiger partial charge on any atom is -0.370 e. The fourth-order valence-corrected chi connectivity index (χ4v) is 2.35. The van der Waals surface area contributed by atoms with Crippen LogP contribution in [0.4, 0.5) is 5.82 Å². The molecule has 0 radical (unpaired) electrons. The van der Waals surface area contributed by atoms with E-state index >= 15 is 0 Å². The molecule has 1 N–H and O–H groups in total. The predicted octanol–water partition coefficient (Wildman–Crippen LogP) is 4.08. The minimum atomic E-state index is -0.371. The van der Waals surface area contributed by atoms with Crippen molar-refractivity contribution in [1.82, 2.24) is 9.97 Å². The molecule has 0 bridgehead atoms. The smallest absolute Gasteiger partial charge is 0.162 e. The highest BCUT2D eigenvalue weighted by Gasteiger charge is 2.33. The molecule has 4 heteroatoms. The van der Waals surface area contributed by atoms with E-state index in [-0.39, 0.29) is 5.60 Å². The van der Waals surface area contributed by atoms with Crippen molar-refractivity contribution >= 4 is 5.82 Å². The molecule has 0 fully saturated rings. The van der Waals surface area contributed by atoms with Gasteiger partial charge in [-0.25, -0.2) is 9.97 Å². The molecule has 1 heterocycles. The first-order valence-corrected chi connectivity index (χ1v) is 7.80. The third kappa shape index (κ3) is 3.69. The maximum atomic E-state index is 6.03. The molecule has 0 aliphatic rings. The lowest BCUT2D eigenvalue weighted by molar-refractivity contribution is -0.0572. The van der Waals surface area contributed by atoms with Gasteiger partial charge in [-0.15, -0.1) is 0 Å². The van der Waals surface area contributed by atoms with Crippen LogP contribution in [0, 0.1) is 0 Å². The molecule has 1 aromatic heterocycles.